The van der Waals surface area contributed by atoms with Crippen molar-refractivity contribution in [2.45, 2.75) is 25.2 Å². The molecule has 8 heteroatoms. The largest absolute Gasteiger partial charge is 0.341 e. The van der Waals surface area contributed by atoms with E-state index < -0.39 is 5.82 Å². The second kappa shape index (κ2) is 9.21. The lowest BCUT2D eigenvalue weighted by Gasteiger charge is -2.18. The number of thioether (sulfide) groups is 1. The summed E-state index contributed by atoms with van der Waals surface area (Å²) in [6.45, 7) is 2.63. The molecular weight excluding hydrogens is 399 g/mol. The van der Waals surface area contributed by atoms with Gasteiger partial charge in [-0.25, -0.2) is 4.39 Å². The number of amides is 1. The van der Waals surface area contributed by atoms with Crippen LogP contribution in [0.3, 0.4) is 0 Å². The first-order valence-electron chi connectivity index (χ1n) is 8.69. The first-order chi connectivity index (χ1) is 13.5. The van der Waals surface area contributed by atoms with Crippen LogP contribution in [0.25, 0.3) is 0 Å². The fourth-order valence-corrected chi connectivity index (χ4v) is 3.81. The fourth-order valence-electron chi connectivity index (χ4n) is 2.66. The summed E-state index contributed by atoms with van der Waals surface area (Å²) >= 11 is 7.36. The summed E-state index contributed by atoms with van der Waals surface area (Å²) in [7, 11) is 1.63. The molecular formula is C20H20ClFN4OS. The van der Waals surface area contributed by atoms with E-state index in [0.717, 1.165) is 11.4 Å². The fraction of sp³-hybridized carbons (Fsp3) is 0.250. The molecule has 146 valence electrons. The van der Waals surface area contributed by atoms with Crippen LogP contribution in [0.4, 0.5) is 4.39 Å². The van der Waals surface area contributed by atoms with Crippen molar-refractivity contribution in [1.29, 1.82) is 0 Å². The number of benzene rings is 2. The van der Waals surface area contributed by atoms with Gasteiger partial charge in [0.1, 0.15) is 11.6 Å². The molecule has 1 heterocycles. The highest BCUT2D eigenvalue weighted by atomic mass is 35.5. The second-order valence-corrected chi connectivity index (χ2v) is 7.69. The molecule has 3 rings (SSSR count). The molecule has 3 aromatic rings. The average molecular weight is 419 g/mol. The lowest BCUT2D eigenvalue weighted by atomic mass is 10.2. The molecule has 0 aliphatic rings. The van der Waals surface area contributed by atoms with E-state index in [4.69, 9.17) is 11.6 Å². The van der Waals surface area contributed by atoms with Gasteiger partial charge in [0.2, 0.25) is 5.91 Å². The normalized spacial score (nSPS) is 10.9. The van der Waals surface area contributed by atoms with Gasteiger partial charge in [-0.2, -0.15) is 0 Å². The zero-order valence-electron chi connectivity index (χ0n) is 15.6. The first kappa shape index (κ1) is 20.4. The lowest BCUT2D eigenvalue weighted by Crippen LogP contribution is -2.28. The Morgan fingerprint density at radius 2 is 1.93 bits per heavy atom. The Labute approximate surface area is 172 Å². The molecule has 28 heavy (non-hydrogen) atoms. The van der Waals surface area contributed by atoms with Crippen LogP contribution in [0, 0.1) is 12.7 Å². The molecule has 0 N–H and O–H groups in total. The van der Waals surface area contributed by atoms with E-state index in [2.05, 4.69) is 10.2 Å². The smallest absolute Gasteiger partial charge is 0.233 e. The molecule has 0 spiro atoms. The summed E-state index contributed by atoms with van der Waals surface area (Å²) in [6.07, 6.45) is 0. The number of carbonyl (C=O) groups is 1. The first-order valence-corrected chi connectivity index (χ1v) is 10.1. The van der Waals surface area contributed by atoms with Gasteiger partial charge in [-0.05, 0) is 24.6 Å². The number of carbonyl (C=O) groups excluding carboxylic acids is 1. The Hall–Kier alpha value is -2.38. The van der Waals surface area contributed by atoms with Crippen LogP contribution in [-0.2, 0) is 17.9 Å². The maximum atomic E-state index is 13.9. The number of aryl methyl sites for hydroxylation is 1. The molecule has 0 aliphatic carbocycles. The van der Waals surface area contributed by atoms with E-state index in [1.54, 1.807) is 19.2 Å². The monoisotopic (exact) mass is 418 g/mol. The number of hydrogen-bond donors (Lipinski definition) is 0. The van der Waals surface area contributed by atoms with Crippen molar-refractivity contribution in [2.75, 3.05) is 12.8 Å². The molecule has 0 saturated heterocycles. The highest BCUT2D eigenvalue weighted by Crippen LogP contribution is 2.22. The predicted octanol–water partition coefficient (Wildman–Crippen LogP) is 4.18. The third-order valence-electron chi connectivity index (χ3n) is 4.29. The number of nitrogens with zero attached hydrogens (tertiary/aromatic N) is 4. The Balaban J connectivity index is 1.63. The average Bonchev–Trinajstić information content (AvgIpc) is 3.03. The van der Waals surface area contributed by atoms with Gasteiger partial charge in [-0.3, -0.25) is 4.79 Å². The maximum absolute atomic E-state index is 13.9. The topological polar surface area (TPSA) is 51.0 Å². The maximum Gasteiger partial charge on any atom is 0.233 e. The van der Waals surface area contributed by atoms with Crippen LogP contribution < -0.4 is 0 Å². The molecule has 1 amide bonds. The highest BCUT2D eigenvalue weighted by molar-refractivity contribution is 7.99. The van der Waals surface area contributed by atoms with E-state index in [-0.39, 0.29) is 18.2 Å². The van der Waals surface area contributed by atoms with Gasteiger partial charge in [-0.15, -0.1) is 10.2 Å². The van der Waals surface area contributed by atoms with Crippen LogP contribution in [-0.4, -0.2) is 38.4 Å². The van der Waals surface area contributed by atoms with Crippen molar-refractivity contribution in [3.8, 4) is 0 Å². The van der Waals surface area contributed by atoms with Crippen LogP contribution in [0.5, 0.6) is 0 Å². The molecule has 0 saturated carbocycles. The third kappa shape index (κ3) is 4.91. The molecule has 0 atom stereocenters. The van der Waals surface area contributed by atoms with Crippen molar-refractivity contribution in [1.82, 2.24) is 19.7 Å². The number of rotatable bonds is 7. The van der Waals surface area contributed by atoms with Gasteiger partial charge in [0.15, 0.2) is 5.16 Å². The number of aromatic nitrogens is 3. The van der Waals surface area contributed by atoms with Crippen LogP contribution in [0.15, 0.2) is 53.7 Å². The van der Waals surface area contributed by atoms with Crippen molar-refractivity contribution in [2.24, 2.45) is 0 Å². The summed E-state index contributed by atoms with van der Waals surface area (Å²) < 4.78 is 15.9. The predicted molar refractivity (Wildman–Crippen MR) is 109 cm³/mol. The van der Waals surface area contributed by atoms with Gasteiger partial charge < -0.3 is 9.47 Å². The van der Waals surface area contributed by atoms with Crippen molar-refractivity contribution in [3.63, 3.8) is 0 Å². The minimum Gasteiger partial charge on any atom is -0.341 e. The lowest BCUT2D eigenvalue weighted by molar-refractivity contribution is -0.127. The Morgan fingerprint density at radius 1 is 1.18 bits per heavy atom. The van der Waals surface area contributed by atoms with Gasteiger partial charge >= 0.3 is 0 Å². The molecule has 0 unspecified atom stereocenters. The van der Waals surface area contributed by atoms with Crippen molar-refractivity contribution >= 4 is 29.3 Å². The summed E-state index contributed by atoms with van der Waals surface area (Å²) in [5.74, 6) is 0.398. The standard InChI is InChI=1S/C20H20ClFN4OS/c1-14-23-24-20(26(14)11-15-7-4-3-5-8-15)28-13-19(27)25(2)12-16-17(21)9-6-10-18(16)22/h3-10H,11-13H2,1-2H3. The van der Waals surface area contributed by atoms with Gasteiger partial charge in [0, 0.05) is 24.2 Å². The zero-order chi connectivity index (χ0) is 20.1. The van der Waals surface area contributed by atoms with Crippen LogP contribution >= 0.6 is 23.4 Å². The highest BCUT2D eigenvalue weighted by Gasteiger charge is 2.17. The second-order valence-electron chi connectivity index (χ2n) is 6.34. The Morgan fingerprint density at radius 3 is 2.64 bits per heavy atom. The van der Waals surface area contributed by atoms with Gasteiger partial charge in [-0.1, -0.05) is 59.8 Å². The van der Waals surface area contributed by atoms with E-state index in [1.807, 2.05) is 41.8 Å². The molecule has 5 nitrogen and oxygen atoms in total. The van der Waals surface area contributed by atoms with Gasteiger partial charge in [0.05, 0.1) is 12.3 Å². The van der Waals surface area contributed by atoms with Crippen molar-refractivity contribution < 1.29 is 9.18 Å². The van der Waals surface area contributed by atoms with Crippen LogP contribution in [0.2, 0.25) is 5.02 Å². The van der Waals surface area contributed by atoms with Gasteiger partial charge in [0.25, 0.3) is 0 Å². The molecule has 0 bridgehead atoms. The Kier molecular flexibility index (Phi) is 6.70. The summed E-state index contributed by atoms with van der Waals surface area (Å²) in [5, 5.41) is 9.29. The van der Waals surface area contributed by atoms with Crippen LogP contribution in [0.1, 0.15) is 17.0 Å². The summed E-state index contributed by atoms with van der Waals surface area (Å²) in [4.78, 5) is 14.0. The van der Waals surface area contributed by atoms with E-state index >= 15 is 0 Å². The number of hydrogen-bond acceptors (Lipinski definition) is 4. The SMILES string of the molecule is Cc1nnc(SCC(=O)N(C)Cc2c(F)cccc2Cl)n1Cc1ccccc1. The molecule has 1 aromatic heterocycles. The zero-order valence-corrected chi connectivity index (χ0v) is 17.2. The third-order valence-corrected chi connectivity index (χ3v) is 5.60. The van der Waals surface area contributed by atoms with E-state index in [9.17, 15) is 9.18 Å². The summed E-state index contributed by atoms with van der Waals surface area (Å²) in [6, 6.07) is 14.5. The Bertz CT molecular complexity index is 944. The van der Waals surface area contributed by atoms with Crippen molar-refractivity contribution in [3.05, 3.63) is 76.3 Å². The van der Waals surface area contributed by atoms with E-state index in [0.29, 0.717) is 22.3 Å². The molecule has 0 radical (unpaired) electrons. The molecule has 0 aliphatic heterocycles. The molecule has 0 fully saturated rings. The molecule has 2 aromatic carbocycles. The quantitative estimate of drug-likeness (QED) is 0.540. The minimum atomic E-state index is -0.418. The minimum absolute atomic E-state index is 0.112. The number of halogens is 2. The van der Waals surface area contributed by atoms with E-state index in [1.165, 1.54) is 22.7 Å². The summed E-state index contributed by atoms with van der Waals surface area (Å²) in [5.41, 5.74) is 1.44.